The second-order valence-corrected chi connectivity index (χ2v) is 6.34. The van der Waals surface area contributed by atoms with Crippen LogP contribution in [0.15, 0.2) is 54.9 Å². The van der Waals surface area contributed by atoms with Crippen molar-refractivity contribution in [2.75, 3.05) is 0 Å². The molecular formula is C15H13ClN4OS. The number of carbonyl (C=O) groups excluding carboxylic acids is 1. The van der Waals surface area contributed by atoms with E-state index in [4.69, 9.17) is 11.6 Å². The summed E-state index contributed by atoms with van der Waals surface area (Å²) in [6.07, 6.45) is 3.23. The van der Waals surface area contributed by atoms with Crippen LogP contribution < -0.4 is 5.32 Å². The standard InChI is InChI=1S/C15H13ClN4OS/c16-14-7-6-13(22-14)15(21)19-12(10-20-17-8-9-18-20)11-4-2-1-3-5-11/h1-9,12H,10H2,(H,19,21). The van der Waals surface area contributed by atoms with Crippen molar-refractivity contribution in [3.8, 4) is 0 Å². The highest BCUT2D eigenvalue weighted by Crippen LogP contribution is 2.22. The molecule has 0 saturated carbocycles. The number of nitrogens with one attached hydrogen (secondary N) is 1. The first kappa shape index (κ1) is 14.7. The van der Waals surface area contributed by atoms with Gasteiger partial charge in [0.25, 0.3) is 5.91 Å². The molecule has 0 aliphatic heterocycles. The van der Waals surface area contributed by atoms with Crippen molar-refractivity contribution in [3.63, 3.8) is 0 Å². The zero-order valence-electron chi connectivity index (χ0n) is 11.5. The predicted molar refractivity (Wildman–Crippen MR) is 86.0 cm³/mol. The second-order valence-electron chi connectivity index (χ2n) is 4.62. The summed E-state index contributed by atoms with van der Waals surface area (Å²) in [7, 11) is 0. The van der Waals surface area contributed by atoms with Crippen molar-refractivity contribution >= 4 is 28.8 Å². The first-order chi connectivity index (χ1) is 10.7. The van der Waals surface area contributed by atoms with E-state index in [1.54, 1.807) is 29.3 Å². The van der Waals surface area contributed by atoms with Crippen LogP contribution in [0.2, 0.25) is 4.34 Å². The van der Waals surface area contributed by atoms with Gasteiger partial charge in [-0.05, 0) is 17.7 Å². The first-order valence-electron chi connectivity index (χ1n) is 6.67. The van der Waals surface area contributed by atoms with Crippen LogP contribution in [-0.4, -0.2) is 20.9 Å². The first-order valence-corrected chi connectivity index (χ1v) is 7.87. The lowest BCUT2D eigenvalue weighted by atomic mass is 10.1. The molecule has 1 amide bonds. The molecule has 3 rings (SSSR count). The molecule has 22 heavy (non-hydrogen) atoms. The van der Waals surface area contributed by atoms with E-state index < -0.39 is 0 Å². The molecule has 0 aliphatic rings. The third kappa shape index (κ3) is 3.52. The summed E-state index contributed by atoms with van der Waals surface area (Å²) in [5.74, 6) is -0.155. The Bertz CT molecular complexity index is 742. The maximum absolute atomic E-state index is 12.4. The maximum Gasteiger partial charge on any atom is 0.261 e. The molecule has 1 unspecified atom stereocenters. The minimum absolute atomic E-state index is 0.155. The molecule has 2 aromatic heterocycles. The van der Waals surface area contributed by atoms with E-state index in [1.165, 1.54) is 11.3 Å². The average Bonchev–Trinajstić information content (AvgIpc) is 3.19. The number of amides is 1. The fourth-order valence-electron chi connectivity index (χ4n) is 2.09. The lowest BCUT2D eigenvalue weighted by molar-refractivity contribution is 0.0935. The van der Waals surface area contributed by atoms with Gasteiger partial charge >= 0.3 is 0 Å². The van der Waals surface area contributed by atoms with E-state index in [2.05, 4.69) is 15.5 Å². The normalized spacial score (nSPS) is 12.0. The largest absolute Gasteiger partial charge is 0.343 e. The number of aromatic nitrogens is 3. The molecule has 0 fully saturated rings. The van der Waals surface area contributed by atoms with E-state index in [9.17, 15) is 4.79 Å². The van der Waals surface area contributed by atoms with Crippen molar-refractivity contribution in [2.45, 2.75) is 12.6 Å². The molecule has 0 saturated heterocycles. The Labute approximate surface area is 136 Å². The van der Waals surface area contributed by atoms with Gasteiger partial charge in [-0.2, -0.15) is 15.0 Å². The molecule has 5 nitrogen and oxygen atoms in total. The summed E-state index contributed by atoms with van der Waals surface area (Å²) < 4.78 is 0.593. The summed E-state index contributed by atoms with van der Waals surface area (Å²) in [6, 6.07) is 13.0. The van der Waals surface area contributed by atoms with Crippen molar-refractivity contribution < 1.29 is 4.79 Å². The van der Waals surface area contributed by atoms with Crippen LogP contribution in [0.4, 0.5) is 0 Å². The summed E-state index contributed by atoms with van der Waals surface area (Å²) in [4.78, 5) is 14.5. The minimum atomic E-state index is -0.220. The Morgan fingerprint density at radius 3 is 2.55 bits per heavy atom. The highest BCUT2D eigenvalue weighted by Gasteiger charge is 2.18. The topological polar surface area (TPSA) is 59.8 Å². The molecule has 1 N–H and O–H groups in total. The monoisotopic (exact) mass is 332 g/mol. The Balaban J connectivity index is 1.80. The van der Waals surface area contributed by atoms with E-state index in [0.29, 0.717) is 15.8 Å². The van der Waals surface area contributed by atoms with E-state index >= 15 is 0 Å². The molecule has 0 spiro atoms. The third-order valence-corrected chi connectivity index (χ3v) is 4.35. The molecular weight excluding hydrogens is 320 g/mol. The van der Waals surface area contributed by atoms with E-state index in [0.717, 1.165) is 5.56 Å². The van der Waals surface area contributed by atoms with Crippen LogP contribution in [0, 0.1) is 0 Å². The Morgan fingerprint density at radius 1 is 1.18 bits per heavy atom. The molecule has 0 radical (unpaired) electrons. The second kappa shape index (κ2) is 6.72. The van der Waals surface area contributed by atoms with Crippen LogP contribution in [0.1, 0.15) is 21.3 Å². The fourth-order valence-corrected chi connectivity index (χ4v) is 3.03. The van der Waals surface area contributed by atoms with Gasteiger partial charge in [-0.25, -0.2) is 0 Å². The van der Waals surface area contributed by atoms with Gasteiger partial charge < -0.3 is 5.32 Å². The molecule has 2 heterocycles. The Hall–Kier alpha value is -2.18. The van der Waals surface area contributed by atoms with E-state index in [1.807, 2.05) is 30.3 Å². The van der Waals surface area contributed by atoms with Crippen molar-refractivity contribution in [1.29, 1.82) is 0 Å². The van der Waals surface area contributed by atoms with Gasteiger partial charge in [0.1, 0.15) is 0 Å². The van der Waals surface area contributed by atoms with Crippen LogP contribution in [0.25, 0.3) is 0 Å². The summed E-state index contributed by atoms with van der Waals surface area (Å²) >= 11 is 7.14. The molecule has 1 aromatic carbocycles. The molecule has 3 aromatic rings. The fraction of sp³-hybridized carbons (Fsp3) is 0.133. The third-order valence-electron chi connectivity index (χ3n) is 3.12. The van der Waals surface area contributed by atoms with Gasteiger partial charge in [0.15, 0.2) is 0 Å². The lowest BCUT2D eigenvalue weighted by Crippen LogP contribution is -2.31. The molecule has 0 aliphatic carbocycles. The zero-order chi connectivity index (χ0) is 15.4. The number of halogens is 1. The number of hydrogen-bond acceptors (Lipinski definition) is 4. The molecule has 112 valence electrons. The lowest BCUT2D eigenvalue weighted by Gasteiger charge is -2.18. The number of rotatable bonds is 5. The van der Waals surface area contributed by atoms with Gasteiger partial charge in [0.2, 0.25) is 0 Å². The SMILES string of the molecule is O=C(NC(Cn1nccn1)c1ccccc1)c1ccc(Cl)s1. The highest BCUT2D eigenvalue weighted by atomic mass is 35.5. The maximum atomic E-state index is 12.4. The predicted octanol–water partition coefficient (Wildman–Crippen LogP) is 3.16. The van der Waals surface area contributed by atoms with Crippen LogP contribution in [0.5, 0.6) is 0 Å². The van der Waals surface area contributed by atoms with Crippen molar-refractivity contribution in [1.82, 2.24) is 20.3 Å². The zero-order valence-corrected chi connectivity index (χ0v) is 13.1. The van der Waals surface area contributed by atoms with Crippen LogP contribution in [-0.2, 0) is 6.54 Å². The Morgan fingerprint density at radius 2 is 1.91 bits per heavy atom. The summed E-state index contributed by atoms with van der Waals surface area (Å²) in [5.41, 5.74) is 0.996. The van der Waals surface area contributed by atoms with Crippen LogP contribution >= 0.6 is 22.9 Å². The number of hydrogen-bond donors (Lipinski definition) is 1. The Kier molecular flexibility index (Phi) is 4.50. The van der Waals surface area contributed by atoms with E-state index in [-0.39, 0.29) is 11.9 Å². The highest BCUT2D eigenvalue weighted by molar-refractivity contribution is 7.17. The average molecular weight is 333 g/mol. The van der Waals surface area contributed by atoms with Gasteiger partial charge in [-0.1, -0.05) is 41.9 Å². The molecule has 1 atom stereocenters. The van der Waals surface area contributed by atoms with Gasteiger partial charge in [-0.15, -0.1) is 11.3 Å². The van der Waals surface area contributed by atoms with Crippen molar-refractivity contribution in [2.24, 2.45) is 0 Å². The quantitative estimate of drug-likeness (QED) is 0.780. The summed E-state index contributed by atoms with van der Waals surface area (Å²) in [6.45, 7) is 0.460. The van der Waals surface area contributed by atoms with Crippen LogP contribution in [0.3, 0.4) is 0 Å². The van der Waals surface area contributed by atoms with Gasteiger partial charge in [0.05, 0.1) is 34.2 Å². The number of carbonyl (C=O) groups is 1. The number of benzene rings is 1. The van der Waals surface area contributed by atoms with Gasteiger partial charge in [-0.3, -0.25) is 4.79 Å². The van der Waals surface area contributed by atoms with Crippen molar-refractivity contribution in [3.05, 3.63) is 69.6 Å². The molecule has 0 bridgehead atoms. The minimum Gasteiger partial charge on any atom is -0.343 e. The summed E-state index contributed by atoms with van der Waals surface area (Å²) in [5, 5.41) is 11.2. The smallest absolute Gasteiger partial charge is 0.261 e. The van der Waals surface area contributed by atoms with Gasteiger partial charge in [0, 0.05) is 0 Å². The number of thiophene rings is 1. The number of nitrogens with zero attached hydrogens (tertiary/aromatic N) is 3. The molecule has 7 heteroatoms.